The lowest BCUT2D eigenvalue weighted by Crippen LogP contribution is -2.36. The van der Waals surface area contributed by atoms with E-state index in [9.17, 15) is 13.2 Å². The van der Waals surface area contributed by atoms with Crippen molar-refractivity contribution in [2.45, 2.75) is 30.6 Å². The van der Waals surface area contributed by atoms with Crippen LogP contribution in [0.5, 0.6) is 5.75 Å². The number of amides is 1. The van der Waals surface area contributed by atoms with Gasteiger partial charge in [0.05, 0.1) is 24.2 Å². The summed E-state index contributed by atoms with van der Waals surface area (Å²) in [5.74, 6) is 0.307. The molecule has 0 spiro atoms. The molecule has 1 fully saturated rings. The van der Waals surface area contributed by atoms with Gasteiger partial charge >= 0.3 is 0 Å². The molecule has 0 saturated carbocycles. The summed E-state index contributed by atoms with van der Waals surface area (Å²) in [6, 6.07) is 14.1. The molecule has 32 heavy (non-hydrogen) atoms. The summed E-state index contributed by atoms with van der Waals surface area (Å²) in [7, 11) is -2.10. The highest BCUT2D eigenvalue weighted by atomic mass is 32.2. The maximum atomic E-state index is 13.2. The SMILES string of the molecule is C=CCN(C(=O)CNc1cc(S(=O)(=O)N2CCCCCC2)ccc1OC)c1ccccc1. The van der Waals surface area contributed by atoms with Gasteiger partial charge in [-0.3, -0.25) is 4.79 Å². The smallest absolute Gasteiger partial charge is 0.246 e. The molecule has 0 atom stereocenters. The zero-order chi connectivity index (χ0) is 23.0. The first-order valence-corrected chi connectivity index (χ1v) is 12.3. The summed E-state index contributed by atoms with van der Waals surface area (Å²) in [6.45, 7) is 5.14. The van der Waals surface area contributed by atoms with E-state index < -0.39 is 10.0 Å². The predicted octanol–water partition coefficient (Wildman–Crippen LogP) is 3.89. The van der Waals surface area contributed by atoms with Crippen molar-refractivity contribution in [3.63, 3.8) is 0 Å². The highest BCUT2D eigenvalue weighted by Crippen LogP contribution is 2.30. The molecule has 1 amide bonds. The maximum absolute atomic E-state index is 13.2. The first-order chi connectivity index (χ1) is 15.5. The van der Waals surface area contributed by atoms with E-state index in [4.69, 9.17) is 4.74 Å². The minimum atomic E-state index is -3.61. The fraction of sp³-hybridized carbons (Fsp3) is 0.375. The van der Waals surface area contributed by atoms with Crippen molar-refractivity contribution in [2.75, 3.05) is 43.5 Å². The lowest BCUT2D eigenvalue weighted by molar-refractivity contribution is -0.116. The van der Waals surface area contributed by atoms with E-state index in [1.54, 1.807) is 33.5 Å². The highest BCUT2D eigenvalue weighted by molar-refractivity contribution is 7.89. The minimum absolute atomic E-state index is 0.0215. The van der Waals surface area contributed by atoms with Gasteiger partial charge < -0.3 is 15.0 Å². The summed E-state index contributed by atoms with van der Waals surface area (Å²) in [4.78, 5) is 14.7. The van der Waals surface area contributed by atoms with Crippen molar-refractivity contribution in [2.24, 2.45) is 0 Å². The van der Waals surface area contributed by atoms with Crippen LogP contribution in [0.25, 0.3) is 0 Å². The number of benzene rings is 2. The Balaban J connectivity index is 1.79. The van der Waals surface area contributed by atoms with E-state index in [1.807, 2.05) is 30.3 Å². The number of anilines is 2. The third-order valence-electron chi connectivity index (χ3n) is 5.48. The molecule has 1 heterocycles. The van der Waals surface area contributed by atoms with E-state index >= 15 is 0 Å². The van der Waals surface area contributed by atoms with Crippen LogP contribution < -0.4 is 15.0 Å². The van der Waals surface area contributed by atoms with Gasteiger partial charge in [0.2, 0.25) is 15.9 Å². The Morgan fingerprint density at radius 3 is 2.44 bits per heavy atom. The fourth-order valence-corrected chi connectivity index (χ4v) is 5.32. The average Bonchev–Trinajstić information content (AvgIpc) is 3.11. The standard InChI is InChI=1S/C24H31N3O4S/c1-3-15-27(20-11-7-6-8-12-20)24(28)19-25-22-18-21(13-14-23(22)31-2)32(29,30)26-16-9-4-5-10-17-26/h3,6-8,11-14,18,25H,1,4-5,9-10,15-17,19H2,2H3. The van der Waals surface area contributed by atoms with Gasteiger partial charge in [0.1, 0.15) is 5.75 Å². The van der Waals surface area contributed by atoms with Crippen LogP contribution in [0.1, 0.15) is 25.7 Å². The third-order valence-corrected chi connectivity index (χ3v) is 7.38. The molecule has 1 N–H and O–H groups in total. The number of nitrogens with zero attached hydrogens (tertiary/aromatic N) is 2. The molecule has 1 aliphatic rings. The predicted molar refractivity (Wildman–Crippen MR) is 128 cm³/mol. The van der Waals surface area contributed by atoms with Crippen LogP contribution in [-0.2, 0) is 14.8 Å². The van der Waals surface area contributed by atoms with Crippen LogP contribution in [0.2, 0.25) is 0 Å². The number of sulfonamides is 1. The van der Waals surface area contributed by atoms with Crippen molar-refractivity contribution in [1.29, 1.82) is 0 Å². The molecule has 1 aliphatic heterocycles. The van der Waals surface area contributed by atoms with Crippen molar-refractivity contribution < 1.29 is 17.9 Å². The van der Waals surface area contributed by atoms with Crippen LogP contribution >= 0.6 is 0 Å². The Bertz CT molecular complexity index is 1020. The minimum Gasteiger partial charge on any atom is -0.495 e. The molecule has 0 bridgehead atoms. The molecule has 0 radical (unpaired) electrons. The van der Waals surface area contributed by atoms with Gasteiger partial charge in [0.25, 0.3) is 0 Å². The van der Waals surface area contributed by atoms with Gasteiger partial charge in [-0.05, 0) is 43.2 Å². The van der Waals surface area contributed by atoms with Gasteiger partial charge in [-0.25, -0.2) is 8.42 Å². The summed E-state index contributed by atoms with van der Waals surface area (Å²) in [6.07, 6.45) is 5.50. The Morgan fingerprint density at radius 1 is 1.12 bits per heavy atom. The van der Waals surface area contributed by atoms with Crippen LogP contribution in [-0.4, -0.2) is 51.9 Å². The number of rotatable bonds is 9. The number of nitrogens with one attached hydrogen (secondary N) is 1. The Morgan fingerprint density at radius 2 is 1.81 bits per heavy atom. The van der Waals surface area contributed by atoms with Crippen LogP contribution in [0.4, 0.5) is 11.4 Å². The fourth-order valence-electron chi connectivity index (χ4n) is 3.77. The lowest BCUT2D eigenvalue weighted by atomic mass is 10.2. The molecule has 2 aromatic rings. The van der Waals surface area contributed by atoms with E-state index in [0.717, 1.165) is 31.4 Å². The van der Waals surface area contributed by atoms with Gasteiger partial charge in [0, 0.05) is 25.3 Å². The van der Waals surface area contributed by atoms with Crippen LogP contribution in [0.3, 0.4) is 0 Å². The van der Waals surface area contributed by atoms with Gasteiger partial charge in [-0.1, -0.05) is 37.1 Å². The zero-order valence-corrected chi connectivity index (χ0v) is 19.3. The molecule has 7 nitrogen and oxygen atoms in total. The van der Waals surface area contributed by atoms with E-state index in [1.165, 1.54) is 7.11 Å². The van der Waals surface area contributed by atoms with Crippen molar-refractivity contribution in [3.05, 3.63) is 61.2 Å². The largest absolute Gasteiger partial charge is 0.495 e. The summed E-state index contributed by atoms with van der Waals surface area (Å²) in [5, 5.41) is 3.07. The molecule has 0 aliphatic carbocycles. The molecular formula is C24H31N3O4S. The second kappa shape index (κ2) is 11.2. The zero-order valence-electron chi connectivity index (χ0n) is 18.5. The highest BCUT2D eigenvalue weighted by Gasteiger charge is 2.26. The Labute approximate surface area is 190 Å². The Hall–Kier alpha value is -2.84. The molecule has 0 aromatic heterocycles. The Kier molecular flexibility index (Phi) is 8.30. The van der Waals surface area contributed by atoms with Gasteiger partial charge in [-0.2, -0.15) is 4.31 Å². The molecule has 172 valence electrons. The number of hydrogen-bond acceptors (Lipinski definition) is 5. The number of hydrogen-bond donors (Lipinski definition) is 1. The van der Waals surface area contributed by atoms with E-state index in [0.29, 0.717) is 31.1 Å². The monoisotopic (exact) mass is 457 g/mol. The van der Waals surface area contributed by atoms with Crippen molar-refractivity contribution in [1.82, 2.24) is 4.31 Å². The number of methoxy groups -OCH3 is 1. The second-order valence-corrected chi connectivity index (χ2v) is 9.60. The summed E-state index contributed by atoms with van der Waals surface area (Å²) in [5.41, 5.74) is 1.23. The molecule has 1 saturated heterocycles. The molecular weight excluding hydrogens is 426 g/mol. The van der Waals surface area contributed by atoms with E-state index in [-0.39, 0.29) is 17.3 Å². The third kappa shape index (κ3) is 5.69. The van der Waals surface area contributed by atoms with Crippen molar-refractivity contribution in [3.8, 4) is 5.75 Å². The summed E-state index contributed by atoms with van der Waals surface area (Å²) >= 11 is 0. The van der Waals surface area contributed by atoms with Gasteiger partial charge in [-0.15, -0.1) is 6.58 Å². The molecule has 3 rings (SSSR count). The number of para-hydroxylation sites is 1. The van der Waals surface area contributed by atoms with Crippen LogP contribution in [0.15, 0.2) is 66.1 Å². The number of ether oxygens (including phenoxy) is 1. The van der Waals surface area contributed by atoms with Gasteiger partial charge in [0.15, 0.2) is 0 Å². The topological polar surface area (TPSA) is 79.0 Å². The average molecular weight is 458 g/mol. The maximum Gasteiger partial charge on any atom is 0.246 e. The number of carbonyl (C=O) groups excluding carboxylic acids is 1. The normalized spacial score (nSPS) is 14.9. The molecule has 2 aromatic carbocycles. The van der Waals surface area contributed by atoms with Crippen molar-refractivity contribution >= 4 is 27.3 Å². The molecule has 0 unspecified atom stereocenters. The molecule has 8 heteroatoms. The second-order valence-electron chi connectivity index (χ2n) is 7.66. The van der Waals surface area contributed by atoms with Crippen LogP contribution in [0, 0.1) is 0 Å². The van der Waals surface area contributed by atoms with E-state index in [2.05, 4.69) is 11.9 Å². The number of carbonyl (C=O) groups is 1. The summed E-state index contributed by atoms with van der Waals surface area (Å²) < 4.78 is 33.3. The lowest BCUT2D eigenvalue weighted by Gasteiger charge is -2.23. The quantitative estimate of drug-likeness (QED) is 0.578. The first kappa shape index (κ1) is 23.8. The first-order valence-electron chi connectivity index (χ1n) is 10.9.